The number of imide groups is 1. The molecule has 122 valence electrons. The number of hydrogen-bond donors (Lipinski definition) is 2. The van der Waals surface area contributed by atoms with E-state index in [2.05, 4.69) is 42.5 Å². The molecule has 3 amide bonds. The van der Waals surface area contributed by atoms with E-state index in [9.17, 15) is 14.4 Å². The molecule has 7 nitrogen and oxygen atoms in total. The molecule has 1 saturated heterocycles. The standard InChI is InChI=1S/C14H12Br2N2O5/c1-2-22-11(19)6-23-12-8(15)3-7(4-9(12)16)5-10-13(20)18-14(21)17-10/h3-5H,2,6H2,1H3,(H2,17,18,20,21)/b10-5-. The zero-order valence-electron chi connectivity index (χ0n) is 11.9. The highest BCUT2D eigenvalue weighted by atomic mass is 79.9. The molecule has 0 saturated carbocycles. The Morgan fingerprint density at radius 2 is 1.87 bits per heavy atom. The number of nitrogens with one attached hydrogen (secondary N) is 2. The summed E-state index contributed by atoms with van der Waals surface area (Å²) in [5.74, 6) is -0.534. The molecule has 1 heterocycles. The minimum Gasteiger partial charge on any atom is -0.480 e. The second-order valence-electron chi connectivity index (χ2n) is 4.37. The molecule has 1 fully saturated rings. The van der Waals surface area contributed by atoms with E-state index in [0.717, 1.165) is 0 Å². The van der Waals surface area contributed by atoms with Gasteiger partial charge in [0.1, 0.15) is 11.4 Å². The largest absolute Gasteiger partial charge is 0.480 e. The van der Waals surface area contributed by atoms with Gasteiger partial charge in [-0.1, -0.05) is 0 Å². The normalized spacial score (nSPS) is 15.3. The molecular weight excluding hydrogens is 436 g/mol. The number of carbonyl (C=O) groups excluding carboxylic acids is 3. The van der Waals surface area contributed by atoms with Crippen LogP contribution in [0.25, 0.3) is 6.08 Å². The molecule has 2 rings (SSSR count). The van der Waals surface area contributed by atoms with Crippen LogP contribution in [0.3, 0.4) is 0 Å². The summed E-state index contributed by atoms with van der Waals surface area (Å²) in [6.07, 6.45) is 1.52. The first-order valence-electron chi connectivity index (χ1n) is 6.52. The predicted molar refractivity (Wildman–Crippen MR) is 88.6 cm³/mol. The Labute approximate surface area is 148 Å². The molecule has 0 bridgehead atoms. The predicted octanol–water partition coefficient (Wildman–Crippen LogP) is 2.33. The van der Waals surface area contributed by atoms with Gasteiger partial charge in [0.25, 0.3) is 5.91 Å². The molecule has 0 atom stereocenters. The minimum absolute atomic E-state index is 0.147. The molecule has 9 heteroatoms. The van der Waals surface area contributed by atoms with Gasteiger partial charge < -0.3 is 14.8 Å². The van der Waals surface area contributed by atoms with Gasteiger partial charge in [-0.15, -0.1) is 0 Å². The van der Waals surface area contributed by atoms with Crippen molar-refractivity contribution in [1.29, 1.82) is 0 Å². The van der Waals surface area contributed by atoms with E-state index in [4.69, 9.17) is 9.47 Å². The first-order valence-corrected chi connectivity index (χ1v) is 8.10. The van der Waals surface area contributed by atoms with Gasteiger partial charge in [0, 0.05) is 0 Å². The lowest BCUT2D eigenvalue weighted by atomic mass is 10.2. The van der Waals surface area contributed by atoms with Crippen molar-refractivity contribution in [3.8, 4) is 5.75 Å². The molecule has 1 aliphatic heterocycles. The van der Waals surface area contributed by atoms with Gasteiger partial charge in [0.2, 0.25) is 0 Å². The molecule has 0 aliphatic carbocycles. The second kappa shape index (κ2) is 7.60. The molecule has 2 N–H and O–H groups in total. The smallest absolute Gasteiger partial charge is 0.344 e. The van der Waals surface area contributed by atoms with Crippen molar-refractivity contribution in [3.63, 3.8) is 0 Å². The quantitative estimate of drug-likeness (QED) is 0.410. The number of amides is 3. The number of halogens is 2. The van der Waals surface area contributed by atoms with Crippen LogP contribution in [0.2, 0.25) is 0 Å². The number of urea groups is 1. The van der Waals surface area contributed by atoms with Gasteiger partial charge >= 0.3 is 12.0 Å². The summed E-state index contributed by atoms with van der Waals surface area (Å²) >= 11 is 6.68. The first-order chi connectivity index (χ1) is 10.9. The van der Waals surface area contributed by atoms with Crippen molar-refractivity contribution >= 4 is 55.8 Å². The van der Waals surface area contributed by atoms with E-state index in [1.54, 1.807) is 19.1 Å². The van der Waals surface area contributed by atoms with Crippen molar-refractivity contribution in [2.75, 3.05) is 13.2 Å². The third-order valence-corrected chi connectivity index (χ3v) is 3.87. The minimum atomic E-state index is -0.561. The van der Waals surface area contributed by atoms with Gasteiger partial charge in [0.05, 0.1) is 15.6 Å². The van der Waals surface area contributed by atoms with E-state index in [1.807, 2.05) is 0 Å². The average Bonchev–Trinajstić information content (AvgIpc) is 2.76. The summed E-state index contributed by atoms with van der Waals surface area (Å²) < 4.78 is 11.3. The highest BCUT2D eigenvalue weighted by Gasteiger charge is 2.23. The van der Waals surface area contributed by atoms with Crippen LogP contribution in [-0.2, 0) is 14.3 Å². The number of rotatable bonds is 5. The van der Waals surface area contributed by atoms with Crippen molar-refractivity contribution in [3.05, 3.63) is 32.3 Å². The van der Waals surface area contributed by atoms with Gasteiger partial charge in [-0.05, 0) is 62.6 Å². The summed E-state index contributed by atoms with van der Waals surface area (Å²) in [4.78, 5) is 33.9. The van der Waals surface area contributed by atoms with Gasteiger partial charge in [-0.3, -0.25) is 10.1 Å². The van der Waals surface area contributed by atoms with Crippen LogP contribution in [-0.4, -0.2) is 31.1 Å². The number of esters is 1. The Bertz CT molecular complexity index is 679. The van der Waals surface area contributed by atoms with Gasteiger partial charge in [-0.2, -0.15) is 0 Å². The Balaban J connectivity index is 2.17. The van der Waals surface area contributed by atoms with Crippen LogP contribution in [0.1, 0.15) is 12.5 Å². The fourth-order valence-electron chi connectivity index (χ4n) is 1.78. The first kappa shape index (κ1) is 17.5. The maximum atomic E-state index is 11.5. The topological polar surface area (TPSA) is 93.7 Å². The Kier molecular flexibility index (Phi) is 5.78. The van der Waals surface area contributed by atoms with Gasteiger partial charge in [0.15, 0.2) is 6.61 Å². The molecule has 0 unspecified atom stereocenters. The third-order valence-electron chi connectivity index (χ3n) is 2.69. The Morgan fingerprint density at radius 3 is 2.39 bits per heavy atom. The number of benzene rings is 1. The van der Waals surface area contributed by atoms with Crippen LogP contribution < -0.4 is 15.4 Å². The van der Waals surface area contributed by atoms with Crippen LogP contribution in [0.5, 0.6) is 5.75 Å². The maximum absolute atomic E-state index is 11.5. The SMILES string of the molecule is CCOC(=O)COc1c(Br)cc(/C=C2\NC(=O)NC2=O)cc1Br. The van der Waals surface area contributed by atoms with E-state index in [1.165, 1.54) is 6.08 Å². The monoisotopic (exact) mass is 446 g/mol. The lowest BCUT2D eigenvalue weighted by Gasteiger charge is -2.11. The fraction of sp³-hybridized carbons (Fsp3) is 0.214. The van der Waals surface area contributed by atoms with Crippen molar-refractivity contribution < 1.29 is 23.9 Å². The molecule has 1 aromatic carbocycles. The second-order valence-corrected chi connectivity index (χ2v) is 6.08. The molecule has 0 aromatic heterocycles. The molecule has 0 spiro atoms. The lowest BCUT2D eigenvalue weighted by molar-refractivity contribution is -0.145. The van der Waals surface area contributed by atoms with Crippen LogP contribution >= 0.6 is 31.9 Å². The summed E-state index contributed by atoms with van der Waals surface area (Å²) in [6, 6.07) is 2.82. The summed E-state index contributed by atoms with van der Waals surface area (Å²) in [7, 11) is 0. The van der Waals surface area contributed by atoms with E-state index in [0.29, 0.717) is 20.3 Å². The molecule has 0 radical (unpaired) electrons. The fourth-order valence-corrected chi connectivity index (χ4v) is 3.23. The number of hydrogen-bond acceptors (Lipinski definition) is 5. The molecule has 1 aliphatic rings. The molecule has 1 aromatic rings. The van der Waals surface area contributed by atoms with Crippen LogP contribution in [0.4, 0.5) is 4.79 Å². The van der Waals surface area contributed by atoms with Crippen molar-refractivity contribution in [2.45, 2.75) is 6.92 Å². The van der Waals surface area contributed by atoms with Crippen molar-refractivity contribution in [1.82, 2.24) is 10.6 Å². The Hall–Kier alpha value is -1.87. The zero-order valence-corrected chi connectivity index (χ0v) is 15.1. The zero-order chi connectivity index (χ0) is 17.0. The average molecular weight is 448 g/mol. The highest BCUT2D eigenvalue weighted by molar-refractivity contribution is 9.11. The van der Waals surface area contributed by atoms with Crippen LogP contribution in [0.15, 0.2) is 26.8 Å². The lowest BCUT2D eigenvalue weighted by Crippen LogP contribution is -2.22. The van der Waals surface area contributed by atoms with E-state index < -0.39 is 17.9 Å². The number of carbonyl (C=O) groups is 3. The number of ether oxygens (including phenoxy) is 2. The summed E-state index contributed by atoms with van der Waals surface area (Å²) in [5, 5.41) is 4.51. The molecular formula is C14H12Br2N2O5. The summed E-state index contributed by atoms with van der Waals surface area (Å²) in [6.45, 7) is 1.78. The third kappa shape index (κ3) is 4.55. The Morgan fingerprint density at radius 1 is 1.22 bits per heavy atom. The maximum Gasteiger partial charge on any atom is 0.344 e. The van der Waals surface area contributed by atoms with E-state index >= 15 is 0 Å². The van der Waals surface area contributed by atoms with Crippen LogP contribution in [0, 0.1) is 0 Å². The molecule has 23 heavy (non-hydrogen) atoms. The van der Waals surface area contributed by atoms with E-state index in [-0.39, 0.29) is 18.9 Å². The van der Waals surface area contributed by atoms with Crippen molar-refractivity contribution in [2.24, 2.45) is 0 Å². The highest BCUT2D eigenvalue weighted by Crippen LogP contribution is 2.35. The van der Waals surface area contributed by atoms with Gasteiger partial charge in [-0.25, -0.2) is 9.59 Å². The summed E-state index contributed by atoms with van der Waals surface area (Å²) in [5.41, 5.74) is 0.800.